The van der Waals surface area contributed by atoms with E-state index in [2.05, 4.69) is 17.4 Å². The molecule has 35 heavy (non-hydrogen) atoms. The Morgan fingerprint density at radius 1 is 0.914 bits per heavy atom. The van der Waals surface area contributed by atoms with E-state index >= 15 is 0 Å². The van der Waals surface area contributed by atoms with Gasteiger partial charge in [-0.05, 0) is 27.8 Å². The molecule has 1 atom stereocenters. The molecule has 2 N–H and O–H groups in total. The summed E-state index contributed by atoms with van der Waals surface area (Å²) in [5.41, 5.74) is 5.35. The molecule has 0 spiro atoms. The number of alkyl carbamates (subject to hydrolysis) is 1. The zero-order valence-electron chi connectivity index (χ0n) is 19.5. The molecule has 1 aliphatic rings. The highest BCUT2D eigenvalue weighted by Crippen LogP contribution is 2.44. The van der Waals surface area contributed by atoms with Gasteiger partial charge in [0.05, 0.1) is 6.42 Å². The van der Waals surface area contributed by atoms with Gasteiger partial charge >= 0.3 is 12.1 Å². The van der Waals surface area contributed by atoms with Gasteiger partial charge in [-0.1, -0.05) is 78.9 Å². The molecular weight excluding hydrogens is 444 g/mol. The Morgan fingerprint density at radius 3 is 2.09 bits per heavy atom. The van der Waals surface area contributed by atoms with E-state index < -0.39 is 18.1 Å². The van der Waals surface area contributed by atoms with Crippen LogP contribution in [0.3, 0.4) is 0 Å². The Bertz CT molecular complexity index is 1170. The second kappa shape index (κ2) is 10.9. The molecule has 0 unspecified atom stereocenters. The van der Waals surface area contributed by atoms with Gasteiger partial charge in [0.2, 0.25) is 5.91 Å². The van der Waals surface area contributed by atoms with Crippen LogP contribution in [0.15, 0.2) is 78.9 Å². The van der Waals surface area contributed by atoms with Crippen LogP contribution in [-0.2, 0) is 20.7 Å². The predicted molar refractivity (Wildman–Crippen MR) is 132 cm³/mol. The standard InChI is InChI=1S/C28H28N2O5/c1-30(16-15-26(31)32)27(33)25(17-19-9-3-2-4-10-19)29-28(34)35-18-24-22-13-7-5-11-20(22)21-12-6-8-14-23(21)24/h2-14,24-25H,15-18H2,1H3,(H,29,34)(H,31,32)/t25-/m1/s1. The molecule has 3 aromatic carbocycles. The van der Waals surface area contributed by atoms with Crippen molar-refractivity contribution in [1.29, 1.82) is 0 Å². The number of ether oxygens (including phenoxy) is 1. The number of amides is 2. The summed E-state index contributed by atoms with van der Waals surface area (Å²) in [6.45, 7) is 0.187. The number of aliphatic carboxylic acids is 1. The molecular formula is C28H28N2O5. The van der Waals surface area contributed by atoms with Gasteiger partial charge in [0.1, 0.15) is 12.6 Å². The van der Waals surface area contributed by atoms with E-state index in [1.807, 2.05) is 66.7 Å². The first-order chi connectivity index (χ1) is 16.9. The maximum atomic E-state index is 13.0. The molecule has 0 heterocycles. The highest BCUT2D eigenvalue weighted by atomic mass is 16.5. The number of carbonyl (C=O) groups excluding carboxylic acids is 2. The summed E-state index contributed by atoms with van der Waals surface area (Å²) in [6, 6.07) is 24.6. The maximum absolute atomic E-state index is 13.0. The molecule has 0 aromatic heterocycles. The first-order valence-corrected chi connectivity index (χ1v) is 11.6. The largest absolute Gasteiger partial charge is 0.481 e. The zero-order valence-corrected chi connectivity index (χ0v) is 19.5. The zero-order chi connectivity index (χ0) is 24.8. The van der Waals surface area contributed by atoms with Crippen molar-refractivity contribution in [1.82, 2.24) is 10.2 Å². The number of hydrogen-bond acceptors (Lipinski definition) is 4. The van der Waals surface area contributed by atoms with Gasteiger partial charge < -0.3 is 20.1 Å². The van der Waals surface area contributed by atoms with Gasteiger partial charge in [-0.2, -0.15) is 0 Å². The number of fused-ring (bicyclic) bond motifs is 3. The summed E-state index contributed by atoms with van der Waals surface area (Å²) in [7, 11) is 1.53. The molecule has 0 bridgehead atoms. The minimum Gasteiger partial charge on any atom is -0.481 e. The lowest BCUT2D eigenvalue weighted by molar-refractivity contribution is -0.138. The molecule has 0 saturated heterocycles. The topological polar surface area (TPSA) is 95.9 Å². The van der Waals surface area contributed by atoms with Crippen LogP contribution >= 0.6 is 0 Å². The van der Waals surface area contributed by atoms with Crippen molar-refractivity contribution < 1.29 is 24.2 Å². The lowest BCUT2D eigenvalue weighted by atomic mass is 9.98. The van der Waals surface area contributed by atoms with Crippen LogP contribution in [0.1, 0.15) is 29.0 Å². The number of carboxylic acid groups (broad SMARTS) is 1. The summed E-state index contributed by atoms with van der Waals surface area (Å²) in [5.74, 6) is -1.45. The Morgan fingerprint density at radius 2 is 1.49 bits per heavy atom. The molecule has 0 saturated carbocycles. The third-order valence-electron chi connectivity index (χ3n) is 6.25. The fourth-order valence-electron chi connectivity index (χ4n) is 4.47. The number of nitrogens with one attached hydrogen (secondary N) is 1. The van der Waals surface area contributed by atoms with Crippen molar-refractivity contribution in [3.8, 4) is 11.1 Å². The van der Waals surface area contributed by atoms with Gasteiger partial charge in [0.15, 0.2) is 0 Å². The second-order valence-electron chi connectivity index (χ2n) is 8.62. The summed E-state index contributed by atoms with van der Waals surface area (Å²) < 4.78 is 5.62. The number of rotatable bonds is 9. The van der Waals surface area contributed by atoms with E-state index in [-0.39, 0.29) is 37.8 Å². The highest BCUT2D eigenvalue weighted by molar-refractivity contribution is 5.86. The number of carbonyl (C=O) groups is 3. The Hall–Kier alpha value is -4.13. The summed E-state index contributed by atoms with van der Waals surface area (Å²) in [4.78, 5) is 38.1. The van der Waals surface area contributed by atoms with E-state index in [9.17, 15) is 14.4 Å². The van der Waals surface area contributed by atoms with E-state index in [0.29, 0.717) is 0 Å². The van der Waals surface area contributed by atoms with Crippen LogP contribution in [0.2, 0.25) is 0 Å². The highest BCUT2D eigenvalue weighted by Gasteiger charge is 2.30. The molecule has 7 heteroatoms. The van der Waals surface area contributed by atoms with Crippen LogP contribution in [0, 0.1) is 0 Å². The molecule has 180 valence electrons. The van der Waals surface area contributed by atoms with E-state index in [1.165, 1.54) is 11.9 Å². The molecule has 0 fully saturated rings. The van der Waals surface area contributed by atoms with E-state index in [4.69, 9.17) is 9.84 Å². The van der Waals surface area contributed by atoms with Gasteiger partial charge in [0, 0.05) is 25.9 Å². The average Bonchev–Trinajstić information content (AvgIpc) is 3.19. The van der Waals surface area contributed by atoms with Gasteiger partial charge in [-0.3, -0.25) is 9.59 Å². The summed E-state index contributed by atoms with van der Waals surface area (Å²) >= 11 is 0. The van der Waals surface area contributed by atoms with Gasteiger partial charge in [-0.15, -0.1) is 0 Å². The van der Waals surface area contributed by atoms with Crippen LogP contribution < -0.4 is 5.32 Å². The lowest BCUT2D eigenvalue weighted by Crippen LogP contribution is -2.49. The fourth-order valence-corrected chi connectivity index (χ4v) is 4.47. The lowest BCUT2D eigenvalue weighted by Gasteiger charge is -2.24. The summed E-state index contributed by atoms with van der Waals surface area (Å²) in [5, 5.41) is 11.7. The number of carboxylic acids is 1. The van der Waals surface area contributed by atoms with Gasteiger partial charge in [-0.25, -0.2) is 4.79 Å². The average molecular weight is 473 g/mol. The first kappa shape index (κ1) is 24.0. The molecule has 0 aliphatic heterocycles. The molecule has 2 amide bonds. The molecule has 1 aliphatic carbocycles. The number of benzene rings is 3. The number of hydrogen-bond donors (Lipinski definition) is 2. The van der Waals surface area contributed by atoms with Crippen LogP contribution in [0.25, 0.3) is 11.1 Å². The van der Waals surface area contributed by atoms with Crippen molar-refractivity contribution in [2.24, 2.45) is 0 Å². The normalized spacial score (nSPS) is 12.8. The van der Waals surface area contributed by atoms with Crippen LogP contribution in [0.4, 0.5) is 4.79 Å². The third kappa shape index (κ3) is 5.69. The minimum absolute atomic E-state index is 0.0474. The van der Waals surface area contributed by atoms with Crippen molar-refractivity contribution in [3.05, 3.63) is 95.6 Å². The van der Waals surface area contributed by atoms with Gasteiger partial charge in [0.25, 0.3) is 0 Å². The maximum Gasteiger partial charge on any atom is 0.407 e. The first-order valence-electron chi connectivity index (χ1n) is 11.6. The quantitative estimate of drug-likeness (QED) is 0.490. The third-order valence-corrected chi connectivity index (χ3v) is 6.25. The molecule has 7 nitrogen and oxygen atoms in total. The van der Waals surface area contributed by atoms with Crippen molar-refractivity contribution in [2.45, 2.75) is 24.8 Å². The van der Waals surface area contributed by atoms with Crippen LogP contribution in [-0.4, -0.2) is 54.2 Å². The molecule has 3 aromatic rings. The monoisotopic (exact) mass is 472 g/mol. The van der Waals surface area contributed by atoms with Crippen molar-refractivity contribution in [3.63, 3.8) is 0 Å². The van der Waals surface area contributed by atoms with Crippen molar-refractivity contribution >= 4 is 18.0 Å². The SMILES string of the molecule is CN(CCC(=O)O)C(=O)[C@@H](Cc1ccccc1)NC(=O)OCC1c2ccccc2-c2ccccc21. The molecule has 0 radical (unpaired) electrons. The second-order valence-corrected chi connectivity index (χ2v) is 8.62. The fraction of sp³-hybridized carbons (Fsp3) is 0.250. The number of likely N-dealkylation sites (N-methyl/N-ethyl adjacent to an activating group) is 1. The summed E-state index contributed by atoms with van der Waals surface area (Å²) in [6.07, 6.45) is -0.597. The van der Waals surface area contributed by atoms with E-state index in [1.54, 1.807) is 0 Å². The Balaban J connectivity index is 1.45. The predicted octanol–water partition coefficient (Wildman–Crippen LogP) is 4.07. The Kier molecular flexibility index (Phi) is 7.45. The molecule has 4 rings (SSSR count). The van der Waals surface area contributed by atoms with Crippen molar-refractivity contribution in [2.75, 3.05) is 20.2 Å². The Labute approximate surface area is 204 Å². The minimum atomic E-state index is -0.992. The van der Waals surface area contributed by atoms with E-state index in [0.717, 1.165) is 27.8 Å². The number of nitrogens with zero attached hydrogens (tertiary/aromatic N) is 1. The smallest absolute Gasteiger partial charge is 0.407 e. The van der Waals surface area contributed by atoms with Crippen LogP contribution in [0.5, 0.6) is 0 Å².